The lowest BCUT2D eigenvalue weighted by Crippen LogP contribution is -2.29. The van der Waals surface area contributed by atoms with Crippen LogP contribution in [0.4, 0.5) is 0 Å². The number of nitrogens with two attached hydrogens (primary N) is 1. The molecular weight excluding hydrogens is 132 g/mol. The van der Waals surface area contributed by atoms with Gasteiger partial charge in [-0.05, 0) is 14.1 Å². The highest BCUT2D eigenvalue weighted by Gasteiger charge is 2.07. The zero-order valence-corrected chi connectivity index (χ0v) is 6.37. The first-order valence-corrected chi connectivity index (χ1v) is 3.13. The van der Waals surface area contributed by atoms with E-state index in [1.807, 2.05) is 14.1 Å². The molecule has 1 amide bonds. The molecule has 0 rings (SSSR count). The van der Waals surface area contributed by atoms with Crippen molar-refractivity contribution in [3.05, 3.63) is 0 Å². The van der Waals surface area contributed by atoms with Crippen LogP contribution in [0.1, 0.15) is 6.42 Å². The second-order valence-electron chi connectivity index (χ2n) is 2.59. The maximum absolute atomic E-state index is 10.2. The smallest absolute Gasteiger partial charge is 0.220 e. The van der Waals surface area contributed by atoms with E-state index in [0.29, 0.717) is 6.54 Å². The van der Waals surface area contributed by atoms with E-state index >= 15 is 0 Å². The summed E-state index contributed by atoms with van der Waals surface area (Å²) >= 11 is 0. The Balaban J connectivity index is 3.43. The Hall–Kier alpha value is -0.610. The van der Waals surface area contributed by atoms with Crippen LogP contribution in [0.3, 0.4) is 0 Å². The third-order valence-electron chi connectivity index (χ3n) is 1.01. The molecular formula is C6H14N2O2. The lowest BCUT2D eigenvalue weighted by atomic mass is 10.2. The summed E-state index contributed by atoms with van der Waals surface area (Å²) < 4.78 is 0. The van der Waals surface area contributed by atoms with Gasteiger partial charge in [0, 0.05) is 6.54 Å². The third-order valence-corrected chi connectivity index (χ3v) is 1.01. The standard InChI is InChI=1S/C6H14N2O2/c1-8(2)4-5(9)3-6(7)10/h5,9H,3-4H2,1-2H3,(H2,7,10)/t5-/m0/s1. The number of rotatable bonds is 4. The number of carbonyl (C=O) groups excluding carboxylic acids is 1. The molecule has 10 heavy (non-hydrogen) atoms. The highest BCUT2D eigenvalue weighted by Crippen LogP contribution is 1.90. The summed E-state index contributed by atoms with van der Waals surface area (Å²) in [6.45, 7) is 0.475. The number of aliphatic hydroxyl groups is 1. The summed E-state index contributed by atoms with van der Waals surface area (Å²) in [4.78, 5) is 12.0. The Morgan fingerprint density at radius 2 is 2.20 bits per heavy atom. The Bertz CT molecular complexity index is 114. The van der Waals surface area contributed by atoms with Gasteiger partial charge in [0.05, 0.1) is 12.5 Å². The van der Waals surface area contributed by atoms with E-state index in [1.54, 1.807) is 4.90 Å². The Morgan fingerprint density at radius 1 is 1.70 bits per heavy atom. The average Bonchev–Trinajstić information content (AvgIpc) is 1.58. The largest absolute Gasteiger partial charge is 0.391 e. The number of nitrogens with zero attached hydrogens (tertiary/aromatic N) is 1. The topological polar surface area (TPSA) is 66.6 Å². The molecule has 0 spiro atoms. The summed E-state index contributed by atoms with van der Waals surface area (Å²) in [5.41, 5.74) is 4.85. The number of amides is 1. The molecule has 0 saturated carbocycles. The van der Waals surface area contributed by atoms with Crippen LogP contribution in [-0.4, -0.2) is 42.7 Å². The lowest BCUT2D eigenvalue weighted by Gasteiger charge is -2.13. The highest BCUT2D eigenvalue weighted by molar-refractivity contribution is 5.74. The average molecular weight is 146 g/mol. The van der Waals surface area contributed by atoms with Crippen molar-refractivity contribution in [2.75, 3.05) is 20.6 Å². The molecule has 0 bridgehead atoms. The molecule has 4 nitrogen and oxygen atoms in total. The zero-order valence-electron chi connectivity index (χ0n) is 6.37. The quantitative estimate of drug-likeness (QED) is 0.522. The van der Waals surface area contributed by atoms with Crippen molar-refractivity contribution in [1.29, 1.82) is 0 Å². The van der Waals surface area contributed by atoms with Crippen LogP contribution in [0.15, 0.2) is 0 Å². The number of hydrogen-bond acceptors (Lipinski definition) is 3. The molecule has 0 saturated heterocycles. The van der Waals surface area contributed by atoms with E-state index in [4.69, 9.17) is 10.8 Å². The fraction of sp³-hybridized carbons (Fsp3) is 0.833. The van der Waals surface area contributed by atoms with Crippen molar-refractivity contribution < 1.29 is 9.90 Å². The first kappa shape index (κ1) is 9.39. The van der Waals surface area contributed by atoms with Crippen molar-refractivity contribution in [2.24, 2.45) is 5.73 Å². The minimum Gasteiger partial charge on any atom is -0.391 e. The van der Waals surface area contributed by atoms with Crippen LogP contribution >= 0.6 is 0 Å². The summed E-state index contributed by atoms with van der Waals surface area (Å²) in [5.74, 6) is -0.464. The molecule has 60 valence electrons. The maximum atomic E-state index is 10.2. The first-order chi connectivity index (χ1) is 4.52. The molecule has 0 aromatic rings. The van der Waals surface area contributed by atoms with Gasteiger partial charge in [-0.15, -0.1) is 0 Å². The van der Waals surface area contributed by atoms with Gasteiger partial charge < -0.3 is 15.7 Å². The molecule has 0 aromatic carbocycles. The molecule has 0 heterocycles. The number of primary amides is 1. The molecule has 0 aromatic heterocycles. The van der Waals surface area contributed by atoms with Crippen molar-refractivity contribution in [3.63, 3.8) is 0 Å². The predicted octanol–water partition coefficient (Wildman–Crippen LogP) is -1.22. The molecule has 0 fully saturated rings. The van der Waals surface area contributed by atoms with Crippen LogP contribution in [0, 0.1) is 0 Å². The van der Waals surface area contributed by atoms with Crippen molar-refractivity contribution in [1.82, 2.24) is 4.90 Å². The molecule has 0 unspecified atom stereocenters. The van der Waals surface area contributed by atoms with Gasteiger partial charge in [0.25, 0.3) is 0 Å². The molecule has 0 aliphatic heterocycles. The van der Waals surface area contributed by atoms with E-state index in [9.17, 15) is 4.79 Å². The normalized spacial score (nSPS) is 13.6. The minimum absolute atomic E-state index is 0.0399. The molecule has 3 N–H and O–H groups in total. The number of likely N-dealkylation sites (N-methyl/N-ethyl adjacent to an activating group) is 1. The molecule has 0 aliphatic carbocycles. The van der Waals surface area contributed by atoms with Gasteiger partial charge in [-0.2, -0.15) is 0 Å². The third kappa shape index (κ3) is 5.53. The van der Waals surface area contributed by atoms with Gasteiger partial charge in [-0.1, -0.05) is 0 Å². The fourth-order valence-electron chi connectivity index (χ4n) is 0.718. The summed E-state index contributed by atoms with van der Waals surface area (Å²) in [6, 6.07) is 0. The number of carbonyl (C=O) groups is 1. The van der Waals surface area contributed by atoms with Crippen LogP contribution in [0.25, 0.3) is 0 Å². The monoisotopic (exact) mass is 146 g/mol. The summed E-state index contributed by atoms with van der Waals surface area (Å²) in [7, 11) is 3.65. The van der Waals surface area contributed by atoms with E-state index in [1.165, 1.54) is 0 Å². The predicted molar refractivity (Wildman–Crippen MR) is 38.4 cm³/mol. The fourth-order valence-corrected chi connectivity index (χ4v) is 0.718. The van der Waals surface area contributed by atoms with Crippen LogP contribution in [0.2, 0.25) is 0 Å². The molecule has 0 aliphatic rings. The molecule has 4 heteroatoms. The van der Waals surface area contributed by atoms with E-state index in [2.05, 4.69) is 0 Å². The Kier molecular flexibility index (Phi) is 3.99. The summed E-state index contributed by atoms with van der Waals surface area (Å²) in [6.07, 6.45) is -0.592. The minimum atomic E-state index is -0.632. The van der Waals surface area contributed by atoms with Gasteiger partial charge in [0.15, 0.2) is 0 Å². The van der Waals surface area contributed by atoms with Gasteiger partial charge in [0.1, 0.15) is 0 Å². The SMILES string of the molecule is CN(C)C[C@@H](O)CC(N)=O. The van der Waals surface area contributed by atoms with Crippen LogP contribution < -0.4 is 5.73 Å². The van der Waals surface area contributed by atoms with Crippen molar-refractivity contribution >= 4 is 5.91 Å². The molecule has 0 radical (unpaired) electrons. The highest BCUT2D eigenvalue weighted by atomic mass is 16.3. The Morgan fingerprint density at radius 3 is 2.50 bits per heavy atom. The van der Waals surface area contributed by atoms with Crippen LogP contribution in [-0.2, 0) is 4.79 Å². The first-order valence-electron chi connectivity index (χ1n) is 3.13. The summed E-state index contributed by atoms with van der Waals surface area (Å²) in [5, 5.41) is 9.05. The second kappa shape index (κ2) is 4.24. The lowest BCUT2D eigenvalue weighted by molar-refractivity contribution is -0.120. The van der Waals surface area contributed by atoms with Crippen molar-refractivity contribution in [3.8, 4) is 0 Å². The van der Waals surface area contributed by atoms with Gasteiger partial charge in [-0.3, -0.25) is 4.79 Å². The zero-order chi connectivity index (χ0) is 8.15. The second-order valence-corrected chi connectivity index (χ2v) is 2.59. The number of aliphatic hydroxyl groups excluding tert-OH is 1. The van der Waals surface area contributed by atoms with Gasteiger partial charge >= 0.3 is 0 Å². The van der Waals surface area contributed by atoms with Gasteiger partial charge in [0.2, 0.25) is 5.91 Å². The van der Waals surface area contributed by atoms with E-state index in [0.717, 1.165) is 0 Å². The van der Waals surface area contributed by atoms with E-state index < -0.39 is 12.0 Å². The van der Waals surface area contributed by atoms with Crippen LogP contribution in [0.5, 0.6) is 0 Å². The molecule has 1 atom stereocenters. The van der Waals surface area contributed by atoms with Gasteiger partial charge in [-0.25, -0.2) is 0 Å². The number of hydrogen-bond donors (Lipinski definition) is 2. The maximum Gasteiger partial charge on any atom is 0.220 e. The Labute approximate surface area is 60.6 Å². The van der Waals surface area contributed by atoms with E-state index in [-0.39, 0.29) is 6.42 Å². The van der Waals surface area contributed by atoms with Crippen molar-refractivity contribution in [2.45, 2.75) is 12.5 Å².